The number of nitro groups is 1. The SMILES string of the molecule is CC1CCCC(C)C1Nc1c([N+](=O)[O-])ccc(F)c1F. The maximum atomic E-state index is 13.9. The van der Waals surface area contributed by atoms with Crippen LogP contribution in [0.15, 0.2) is 12.1 Å². The van der Waals surface area contributed by atoms with Gasteiger partial charge in [-0.15, -0.1) is 0 Å². The van der Waals surface area contributed by atoms with E-state index in [1.807, 2.05) is 13.8 Å². The highest BCUT2D eigenvalue weighted by Gasteiger charge is 2.31. The number of anilines is 1. The highest BCUT2D eigenvalue weighted by atomic mass is 19.2. The highest BCUT2D eigenvalue weighted by molar-refractivity contribution is 5.63. The molecule has 0 radical (unpaired) electrons. The third-order valence-corrected chi connectivity index (χ3v) is 4.13. The van der Waals surface area contributed by atoms with E-state index in [2.05, 4.69) is 5.32 Å². The topological polar surface area (TPSA) is 55.2 Å². The Morgan fingerprint density at radius 1 is 1.25 bits per heavy atom. The Kier molecular flexibility index (Phi) is 4.20. The fourth-order valence-electron chi connectivity index (χ4n) is 2.96. The van der Waals surface area contributed by atoms with E-state index in [1.54, 1.807) is 0 Å². The summed E-state index contributed by atoms with van der Waals surface area (Å²) < 4.78 is 27.2. The summed E-state index contributed by atoms with van der Waals surface area (Å²) in [7, 11) is 0. The largest absolute Gasteiger partial charge is 0.374 e. The Labute approximate surface area is 116 Å². The van der Waals surface area contributed by atoms with Crippen molar-refractivity contribution >= 4 is 11.4 Å². The van der Waals surface area contributed by atoms with Crippen molar-refractivity contribution in [1.82, 2.24) is 0 Å². The molecule has 1 aliphatic carbocycles. The van der Waals surface area contributed by atoms with Gasteiger partial charge in [0.1, 0.15) is 0 Å². The first kappa shape index (κ1) is 14.7. The first-order valence-electron chi connectivity index (χ1n) is 6.80. The predicted molar refractivity (Wildman–Crippen MR) is 72.6 cm³/mol. The number of nitrogens with one attached hydrogen (secondary N) is 1. The summed E-state index contributed by atoms with van der Waals surface area (Å²) in [6, 6.07) is 1.70. The summed E-state index contributed by atoms with van der Waals surface area (Å²) in [5, 5.41) is 13.8. The quantitative estimate of drug-likeness (QED) is 0.671. The molecule has 1 aromatic rings. The summed E-state index contributed by atoms with van der Waals surface area (Å²) in [6.45, 7) is 4.05. The molecule has 0 spiro atoms. The second-order valence-corrected chi connectivity index (χ2v) is 5.57. The molecule has 1 aliphatic rings. The van der Waals surface area contributed by atoms with Gasteiger partial charge in [0.05, 0.1) is 4.92 Å². The van der Waals surface area contributed by atoms with Crippen LogP contribution in [0.25, 0.3) is 0 Å². The zero-order chi connectivity index (χ0) is 14.9. The molecular weight excluding hydrogens is 266 g/mol. The van der Waals surface area contributed by atoms with Crippen molar-refractivity contribution in [3.05, 3.63) is 33.9 Å². The minimum atomic E-state index is -1.18. The van der Waals surface area contributed by atoms with Crippen molar-refractivity contribution in [3.63, 3.8) is 0 Å². The van der Waals surface area contributed by atoms with Crippen LogP contribution in [0.2, 0.25) is 0 Å². The van der Waals surface area contributed by atoms with Crippen LogP contribution in [0.4, 0.5) is 20.2 Å². The number of halogens is 2. The standard InChI is InChI=1S/C14H18F2N2O2/c1-8-4-3-5-9(2)13(8)17-14-11(18(19)20)7-6-10(15)12(14)16/h6-9,13,17H,3-5H2,1-2H3. The monoisotopic (exact) mass is 284 g/mol. The molecule has 0 aromatic heterocycles. The first-order chi connectivity index (χ1) is 9.41. The molecule has 0 amide bonds. The molecule has 0 saturated heterocycles. The molecule has 1 saturated carbocycles. The maximum Gasteiger partial charge on any atom is 0.295 e. The molecule has 0 heterocycles. The van der Waals surface area contributed by atoms with Crippen LogP contribution in [0.1, 0.15) is 33.1 Å². The zero-order valence-electron chi connectivity index (χ0n) is 11.5. The normalized spacial score (nSPS) is 26.3. The highest BCUT2D eigenvalue weighted by Crippen LogP contribution is 2.35. The average molecular weight is 284 g/mol. The Morgan fingerprint density at radius 2 is 1.85 bits per heavy atom. The number of nitrogens with zero attached hydrogens (tertiary/aromatic N) is 1. The van der Waals surface area contributed by atoms with Gasteiger partial charge in [-0.25, -0.2) is 8.78 Å². The Balaban J connectivity index is 2.36. The fourth-order valence-corrected chi connectivity index (χ4v) is 2.96. The minimum absolute atomic E-state index is 0.0845. The second-order valence-electron chi connectivity index (χ2n) is 5.57. The summed E-state index contributed by atoms with van der Waals surface area (Å²) >= 11 is 0. The second kappa shape index (κ2) is 5.73. The van der Waals surface area contributed by atoms with Gasteiger partial charge in [-0.2, -0.15) is 0 Å². The van der Waals surface area contributed by atoms with E-state index >= 15 is 0 Å². The van der Waals surface area contributed by atoms with Crippen molar-refractivity contribution in [3.8, 4) is 0 Å². The number of hydrogen-bond acceptors (Lipinski definition) is 3. The van der Waals surface area contributed by atoms with Crippen LogP contribution >= 0.6 is 0 Å². The molecule has 0 bridgehead atoms. The average Bonchev–Trinajstić information content (AvgIpc) is 2.38. The molecule has 0 aliphatic heterocycles. The third kappa shape index (κ3) is 2.73. The molecule has 4 nitrogen and oxygen atoms in total. The zero-order valence-corrected chi connectivity index (χ0v) is 11.5. The lowest BCUT2D eigenvalue weighted by Gasteiger charge is -2.35. The van der Waals surface area contributed by atoms with Gasteiger partial charge in [0.25, 0.3) is 5.69 Å². The molecule has 2 rings (SSSR count). The van der Waals surface area contributed by atoms with E-state index in [4.69, 9.17) is 0 Å². The molecule has 1 aromatic carbocycles. The molecule has 110 valence electrons. The van der Waals surface area contributed by atoms with Crippen molar-refractivity contribution in [2.24, 2.45) is 11.8 Å². The van der Waals surface area contributed by atoms with Gasteiger partial charge < -0.3 is 5.32 Å². The Bertz CT molecular complexity index is 512. The van der Waals surface area contributed by atoms with Gasteiger partial charge in [-0.05, 0) is 30.7 Å². The van der Waals surface area contributed by atoms with Gasteiger partial charge in [-0.3, -0.25) is 10.1 Å². The smallest absolute Gasteiger partial charge is 0.295 e. The van der Waals surface area contributed by atoms with Crippen LogP contribution < -0.4 is 5.32 Å². The van der Waals surface area contributed by atoms with Gasteiger partial charge in [0, 0.05) is 12.1 Å². The summed E-state index contributed by atoms with van der Waals surface area (Å²) in [6.07, 6.45) is 3.05. The van der Waals surface area contributed by atoms with E-state index in [9.17, 15) is 18.9 Å². The molecule has 20 heavy (non-hydrogen) atoms. The lowest BCUT2D eigenvalue weighted by molar-refractivity contribution is -0.384. The van der Waals surface area contributed by atoms with Crippen LogP contribution in [0.5, 0.6) is 0 Å². The maximum absolute atomic E-state index is 13.9. The van der Waals surface area contributed by atoms with Gasteiger partial charge in [-0.1, -0.05) is 20.3 Å². The lowest BCUT2D eigenvalue weighted by Crippen LogP contribution is -2.37. The number of benzene rings is 1. The number of hydrogen-bond donors (Lipinski definition) is 1. The lowest BCUT2D eigenvalue weighted by atomic mass is 9.78. The minimum Gasteiger partial charge on any atom is -0.374 e. The predicted octanol–water partition coefficient (Wildman–Crippen LogP) is 4.11. The molecule has 2 unspecified atom stereocenters. The van der Waals surface area contributed by atoms with Crippen molar-refractivity contribution < 1.29 is 13.7 Å². The van der Waals surface area contributed by atoms with E-state index in [0.717, 1.165) is 31.4 Å². The van der Waals surface area contributed by atoms with Gasteiger partial charge in [0.15, 0.2) is 17.3 Å². The van der Waals surface area contributed by atoms with Crippen LogP contribution in [-0.2, 0) is 0 Å². The molecule has 6 heteroatoms. The van der Waals surface area contributed by atoms with Crippen molar-refractivity contribution in [2.75, 3.05) is 5.32 Å². The molecule has 2 atom stereocenters. The Morgan fingerprint density at radius 3 is 2.40 bits per heavy atom. The number of nitro benzene ring substituents is 1. The summed E-state index contributed by atoms with van der Waals surface area (Å²) in [4.78, 5) is 10.3. The van der Waals surface area contributed by atoms with E-state index < -0.39 is 22.2 Å². The summed E-state index contributed by atoms with van der Waals surface area (Å²) in [5.74, 6) is -1.72. The first-order valence-corrected chi connectivity index (χ1v) is 6.80. The van der Waals surface area contributed by atoms with E-state index in [0.29, 0.717) is 0 Å². The van der Waals surface area contributed by atoms with Crippen LogP contribution in [-0.4, -0.2) is 11.0 Å². The van der Waals surface area contributed by atoms with Crippen LogP contribution in [0.3, 0.4) is 0 Å². The third-order valence-electron chi connectivity index (χ3n) is 4.13. The fraction of sp³-hybridized carbons (Fsp3) is 0.571. The number of rotatable bonds is 3. The molecule has 1 fully saturated rings. The van der Waals surface area contributed by atoms with Crippen LogP contribution in [0, 0.1) is 33.6 Å². The van der Waals surface area contributed by atoms with E-state index in [1.165, 1.54) is 0 Å². The van der Waals surface area contributed by atoms with Gasteiger partial charge in [0.2, 0.25) is 0 Å². The van der Waals surface area contributed by atoms with Crippen molar-refractivity contribution in [2.45, 2.75) is 39.2 Å². The van der Waals surface area contributed by atoms with Gasteiger partial charge >= 0.3 is 0 Å². The molecule has 1 N–H and O–H groups in total. The summed E-state index contributed by atoms with van der Waals surface area (Å²) in [5.41, 5.74) is -0.755. The Hall–Kier alpha value is -1.72. The van der Waals surface area contributed by atoms with E-state index in [-0.39, 0.29) is 23.6 Å². The molecular formula is C14H18F2N2O2. The van der Waals surface area contributed by atoms with Crippen molar-refractivity contribution in [1.29, 1.82) is 0 Å².